The zero-order valence-electron chi connectivity index (χ0n) is 12.5. The van der Waals surface area contributed by atoms with Crippen molar-refractivity contribution < 1.29 is 19.1 Å². The second kappa shape index (κ2) is 11.7. The molecule has 1 fully saturated rings. The predicted molar refractivity (Wildman–Crippen MR) is 77.3 cm³/mol. The molecule has 1 aliphatic heterocycles. The van der Waals surface area contributed by atoms with Gasteiger partial charge in [0.05, 0.1) is 6.61 Å². The molecule has 0 radical (unpaired) electrons. The third-order valence-corrected chi connectivity index (χ3v) is 3.81. The monoisotopic (exact) mass is 284 g/mol. The molecule has 4 nitrogen and oxygen atoms in total. The molecule has 1 unspecified atom stereocenters. The number of rotatable bonds is 5. The number of hydrogen-bond acceptors (Lipinski definition) is 4. The maximum absolute atomic E-state index is 11.8. The minimum atomic E-state index is -0.0643. The molecule has 1 heterocycles. The van der Waals surface area contributed by atoms with Crippen molar-refractivity contribution in [2.75, 3.05) is 6.61 Å². The smallest absolute Gasteiger partial charge is 0.306 e. The van der Waals surface area contributed by atoms with Crippen LogP contribution in [0.25, 0.3) is 0 Å². The van der Waals surface area contributed by atoms with Gasteiger partial charge in [0.25, 0.3) is 6.47 Å². The fraction of sp³-hybridized carbons (Fsp3) is 0.875. The standard InChI is InChI=1S/C16H28O4/c17-14-19-13-9-11-15-10-7-5-3-1-2-4-6-8-12-16(18)20-15/h14-15H,1-13H2. The third kappa shape index (κ3) is 8.94. The van der Waals surface area contributed by atoms with Crippen molar-refractivity contribution in [3.05, 3.63) is 0 Å². The molecule has 0 bridgehead atoms. The fourth-order valence-electron chi connectivity index (χ4n) is 2.65. The summed E-state index contributed by atoms with van der Waals surface area (Å²) in [5, 5.41) is 0. The lowest BCUT2D eigenvalue weighted by Gasteiger charge is -2.17. The molecule has 1 atom stereocenters. The first-order chi connectivity index (χ1) is 9.83. The summed E-state index contributed by atoms with van der Waals surface area (Å²) >= 11 is 0. The molecule has 0 N–H and O–H groups in total. The van der Waals surface area contributed by atoms with Crippen LogP contribution in [0, 0.1) is 0 Å². The van der Waals surface area contributed by atoms with Gasteiger partial charge in [-0.15, -0.1) is 0 Å². The molecular formula is C16H28O4. The van der Waals surface area contributed by atoms with Gasteiger partial charge in [-0.25, -0.2) is 0 Å². The van der Waals surface area contributed by atoms with Crippen LogP contribution >= 0.6 is 0 Å². The van der Waals surface area contributed by atoms with E-state index < -0.39 is 0 Å². The second-order valence-electron chi connectivity index (χ2n) is 5.59. The van der Waals surface area contributed by atoms with Crippen LogP contribution in [0.5, 0.6) is 0 Å². The van der Waals surface area contributed by atoms with Crippen molar-refractivity contribution in [1.82, 2.24) is 0 Å². The Kier molecular flexibility index (Phi) is 9.98. The van der Waals surface area contributed by atoms with Crippen molar-refractivity contribution in [3.8, 4) is 0 Å². The summed E-state index contributed by atoms with van der Waals surface area (Å²) in [6.07, 6.45) is 12.6. The Morgan fingerprint density at radius 2 is 1.70 bits per heavy atom. The zero-order chi connectivity index (χ0) is 14.5. The van der Waals surface area contributed by atoms with Gasteiger partial charge in [0, 0.05) is 6.42 Å². The molecule has 0 aromatic rings. The highest BCUT2D eigenvalue weighted by Gasteiger charge is 2.14. The molecule has 20 heavy (non-hydrogen) atoms. The topological polar surface area (TPSA) is 52.6 Å². The summed E-state index contributed by atoms with van der Waals surface area (Å²) in [7, 11) is 0. The van der Waals surface area contributed by atoms with Gasteiger partial charge in [0.2, 0.25) is 0 Å². The van der Waals surface area contributed by atoms with Gasteiger partial charge in [-0.1, -0.05) is 38.5 Å². The van der Waals surface area contributed by atoms with Gasteiger partial charge in [-0.05, 0) is 32.1 Å². The van der Waals surface area contributed by atoms with E-state index >= 15 is 0 Å². The maximum atomic E-state index is 11.8. The van der Waals surface area contributed by atoms with Crippen molar-refractivity contribution in [2.24, 2.45) is 0 Å². The lowest BCUT2D eigenvalue weighted by Crippen LogP contribution is -2.19. The van der Waals surface area contributed by atoms with Crippen LogP contribution in [0.15, 0.2) is 0 Å². The van der Waals surface area contributed by atoms with Gasteiger partial charge in [-0.2, -0.15) is 0 Å². The molecule has 1 aliphatic rings. The number of carbonyl (C=O) groups excluding carboxylic acids is 2. The molecular weight excluding hydrogens is 256 g/mol. The molecule has 0 aromatic heterocycles. The molecule has 0 saturated carbocycles. The van der Waals surface area contributed by atoms with Crippen molar-refractivity contribution in [2.45, 2.75) is 83.2 Å². The molecule has 0 aromatic carbocycles. The van der Waals surface area contributed by atoms with Crippen LogP contribution in [-0.2, 0) is 19.1 Å². The molecule has 4 heteroatoms. The molecule has 0 aliphatic carbocycles. The molecule has 1 rings (SSSR count). The van der Waals surface area contributed by atoms with E-state index in [4.69, 9.17) is 4.74 Å². The van der Waals surface area contributed by atoms with E-state index in [1.54, 1.807) is 0 Å². The Morgan fingerprint density at radius 1 is 1.05 bits per heavy atom. The zero-order valence-corrected chi connectivity index (χ0v) is 12.5. The number of hydrogen-bond donors (Lipinski definition) is 0. The number of esters is 1. The van der Waals surface area contributed by atoms with Crippen LogP contribution in [0.4, 0.5) is 0 Å². The van der Waals surface area contributed by atoms with Crippen molar-refractivity contribution in [1.29, 1.82) is 0 Å². The molecule has 1 saturated heterocycles. The van der Waals surface area contributed by atoms with Crippen LogP contribution in [-0.4, -0.2) is 25.2 Å². The SMILES string of the molecule is O=COCCCC1CCCCCCCCCCC(=O)O1. The third-order valence-electron chi connectivity index (χ3n) is 3.81. The first kappa shape index (κ1) is 17.0. The highest BCUT2D eigenvalue weighted by Crippen LogP contribution is 2.17. The van der Waals surface area contributed by atoms with Gasteiger partial charge in [-0.3, -0.25) is 9.59 Å². The summed E-state index contributed by atoms with van der Waals surface area (Å²) in [6.45, 7) is 0.883. The Bertz CT molecular complexity index is 265. The molecule has 0 amide bonds. The van der Waals surface area contributed by atoms with Gasteiger partial charge >= 0.3 is 5.97 Å². The first-order valence-electron chi connectivity index (χ1n) is 8.07. The van der Waals surface area contributed by atoms with Crippen LogP contribution in [0.3, 0.4) is 0 Å². The average molecular weight is 284 g/mol. The van der Waals surface area contributed by atoms with Crippen LogP contribution in [0.2, 0.25) is 0 Å². The quantitative estimate of drug-likeness (QED) is 0.438. The number of ether oxygens (including phenoxy) is 2. The van der Waals surface area contributed by atoms with E-state index in [1.807, 2.05) is 0 Å². The average Bonchev–Trinajstić information content (AvgIpc) is 2.46. The Morgan fingerprint density at radius 3 is 2.40 bits per heavy atom. The van der Waals surface area contributed by atoms with Crippen LogP contribution < -0.4 is 0 Å². The van der Waals surface area contributed by atoms with E-state index in [-0.39, 0.29) is 12.1 Å². The lowest BCUT2D eigenvalue weighted by molar-refractivity contribution is -0.150. The second-order valence-corrected chi connectivity index (χ2v) is 5.59. The molecule has 0 spiro atoms. The Balaban J connectivity index is 2.32. The molecule has 116 valence electrons. The van der Waals surface area contributed by atoms with Crippen molar-refractivity contribution in [3.63, 3.8) is 0 Å². The van der Waals surface area contributed by atoms with E-state index in [0.717, 1.165) is 38.5 Å². The van der Waals surface area contributed by atoms with Crippen molar-refractivity contribution >= 4 is 12.4 Å². The number of cyclic esters (lactones) is 1. The minimum absolute atomic E-state index is 0.00138. The highest BCUT2D eigenvalue weighted by molar-refractivity contribution is 5.69. The van der Waals surface area contributed by atoms with E-state index in [2.05, 4.69) is 4.74 Å². The Hall–Kier alpha value is -1.06. The minimum Gasteiger partial charge on any atom is -0.468 e. The predicted octanol–water partition coefficient (Wildman–Crippen LogP) is 3.77. The summed E-state index contributed by atoms with van der Waals surface area (Å²) in [6, 6.07) is 0. The van der Waals surface area contributed by atoms with Gasteiger partial charge in [0.15, 0.2) is 0 Å². The summed E-state index contributed by atoms with van der Waals surface area (Å²) < 4.78 is 10.2. The summed E-state index contributed by atoms with van der Waals surface area (Å²) in [5.41, 5.74) is 0. The van der Waals surface area contributed by atoms with E-state index in [0.29, 0.717) is 19.5 Å². The van der Waals surface area contributed by atoms with Gasteiger partial charge in [0.1, 0.15) is 6.10 Å². The number of carbonyl (C=O) groups is 2. The highest BCUT2D eigenvalue weighted by atomic mass is 16.5. The van der Waals surface area contributed by atoms with E-state index in [1.165, 1.54) is 32.1 Å². The first-order valence-corrected chi connectivity index (χ1v) is 8.07. The maximum Gasteiger partial charge on any atom is 0.306 e. The normalized spacial score (nSPS) is 22.8. The summed E-state index contributed by atoms with van der Waals surface area (Å²) in [5.74, 6) is -0.0643. The van der Waals surface area contributed by atoms with Crippen LogP contribution in [0.1, 0.15) is 77.0 Å². The van der Waals surface area contributed by atoms with E-state index in [9.17, 15) is 9.59 Å². The summed E-state index contributed by atoms with van der Waals surface area (Å²) in [4.78, 5) is 21.9. The largest absolute Gasteiger partial charge is 0.468 e. The van der Waals surface area contributed by atoms with Gasteiger partial charge < -0.3 is 9.47 Å². The fourth-order valence-corrected chi connectivity index (χ4v) is 2.65. The lowest BCUT2D eigenvalue weighted by atomic mass is 10.0. The Labute approximate surface area is 122 Å².